The third-order valence-electron chi connectivity index (χ3n) is 3.01. The minimum Gasteiger partial charge on any atom is -0.405 e. The summed E-state index contributed by atoms with van der Waals surface area (Å²) in [6, 6.07) is 3.10. The van der Waals surface area contributed by atoms with Gasteiger partial charge < -0.3 is 15.6 Å². The van der Waals surface area contributed by atoms with Crippen molar-refractivity contribution in [2.45, 2.75) is 45.2 Å². The number of rotatable bonds is 6. The van der Waals surface area contributed by atoms with Gasteiger partial charge in [0.1, 0.15) is 5.75 Å². The molecule has 0 aromatic heterocycles. The van der Waals surface area contributed by atoms with Crippen LogP contribution in [-0.4, -0.2) is 17.6 Å². The Kier molecular flexibility index (Phi) is 6.49. The van der Waals surface area contributed by atoms with Crippen LogP contribution in [0.25, 0.3) is 0 Å². The molecular formula is C14H19BrF3NO2. The van der Waals surface area contributed by atoms with Gasteiger partial charge in [0, 0.05) is 10.0 Å². The van der Waals surface area contributed by atoms with Crippen LogP contribution in [0, 0.1) is 5.92 Å². The summed E-state index contributed by atoms with van der Waals surface area (Å²) in [6.07, 6.45) is -4.59. The van der Waals surface area contributed by atoms with E-state index in [2.05, 4.69) is 20.7 Å². The molecule has 0 aliphatic rings. The summed E-state index contributed by atoms with van der Waals surface area (Å²) < 4.78 is 41.8. The lowest BCUT2D eigenvalue weighted by Crippen LogP contribution is -2.28. The summed E-state index contributed by atoms with van der Waals surface area (Å²) in [5.41, 5.74) is 6.02. The monoisotopic (exact) mass is 369 g/mol. The molecule has 0 saturated heterocycles. The zero-order valence-corrected chi connectivity index (χ0v) is 13.4. The van der Waals surface area contributed by atoms with Crippen LogP contribution in [0.2, 0.25) is 0 Å². The average molecular weight is 370 g/mol. The van der Waals surface area contributed by atoms with Gasteiger partial charge in [-0.15, -0.1) is 13.2 Å². The Morgan fingerprint density at radius 1 is 1.29 bits per heavy atom. The number of nitrogens with two attached hydrogens (primary N) is 1. The number of alkyl halides is 3. The van der Waals surface area contributed by atoms with Gasteiger partial charge in [-0.25, -0.2) is 0 Å². The van der Waals surface area contributed by atoms with E-state index < -0.39 is 18.5 Å². The molecule has 0 heterocycles. The Balaban J connectivity index is 2.95. The lowest BCUT2D eigenvalue weighted by atomic mass is 9.95. The van der Waals surface area contributed by atoms with Crippen molar-refractivity contribution in [2.75, 3.05) is 0 Å². The number of hydrogen-bond acceptors (Lipinski definition) is 3. The fraction of sp³-hybridized carbons (Fsp3) is 0.571. The standard InChI is InChI=1S/C14H19BrF3NO2/c1-8(2)3-5-11(20)13(19)10-7-9(15)4-6-12(10)21-14(16,17)18/h4,6-8,11,13,20H,3,5,19H2,1-2H3/t11-,13+/m1/s1. The molecule has 0 saturated carbocycles. The van der Waals surface area contributed by atoms with Crippen LogP contribution in [0.1, 0.15) is 38.3 Å². The van der Waals surface area contributed by atoms with E-state index in [0.717, 1.165) is 6.42 Å². The molecule has 0 aliphatic heterocycles. The molecule has 1 aromatic rings. The van der Waals surface area contributed by atoms with Crippen LogP contribution in [-0.2, 0) is 0 Å². The van der Waals surface area contributed by atoms with Gasteiger partial charge in [-0.1, -0.05) is 29.8 Å². The fourth-order valence-corrected chi connectivity index (χ4v) is 2.27. The van der Waals surface area contributed by atoms with E-state index in [1.165, 1.54) is 18.2 Å². The first-order valence-electron chi connectivity index (χ1n) is 6.59. The third-order valence-corrected chi connectivity index (χ3v) is 3.50. The Bertz CT molecular complexity index is 466. The highest BCUT2D eigenvalue weighted by Gasteiger charge is 2.33. The first-order chi connectivity index (χ1) is 9.60. The minimum atomic E-state index is -4.80. The smallest absolute Gasteiger partial charge is 0.405 e. The quantitative estimate of drug-likeness (QED) is 0.791. The van der Waals surface area contributed by atoms with Crippen molar-refractivity contribution in [3.8, 4) is 5.75 Å². The highest BCUT2D eigenvalue weighted by atomic mass is 79.9. The first kappa shape index (κ1) is 18.3. The zero-order valence-electron chi connectivity index (χ0n) is 11.8. The van der Waals surface area contributed by atoms with E-state index >= 15 is 0 Å². The third kappa shape index (κ3) is 6.23. The lowest BCUT2D eigenvalue weighted by molar-refractivity contribution is -0.275. The van der Waals surface area contributed by atoms with Crippen LogP contribution in [0.15, 0.2) is 22.7 Å². The number of hydrogen-bond donors (Lipinski definition) is 2. The molecule has 0 unspecified atom stereocenters. The van der Waals surface area contributed by atoms with Crippen molar-refractivity contribution >= 4 is 15.9 Å². The number of aliphatic hydroxyl groups excluding tert-OH is 1. The van der Waals surface area contributed by atoms with E-state index in [9.17, 15) is 18.3 Å². The molecule has 0 radical (unpaired) electrons. The van der Waals surface area contributed by atoms with Gasteiger partial charge in [-0.2, -0.15) is 0 Å². The Morgan fingerprint density at radius 2 is 1.90 bits per heavy atom. The van der Waals surface area contributed by atoms with E-state index in [0.29, 0.717) is 16.8 Å². The molecular weight excluding hydrogens is 351 g/mol. The van der Waals surface area contributed by atoms with E-state index in [4.69, 9.17) is 5.73 Å². The molecule has 0 bridgehead atoms. The van der Waals surface area contributed by atoms with Gasteiger partial charge in [0.2, 0.25) is 0 Å². The zero-order chi connectivity index (χ0) is 16.2. The van der Waals surface area contributed by atoms with E-state index in [1.807, 2.05) is 13.8 Å². The molecule has 0 fully saturated rings. The van der Waals surface area contributed by atoms with Crippen LogP contribution >= 0.6 is 15.9 Å². The van der Waals surface area contributed by atoms with Crippen LogP contribution in [0.4, 0.5) is 13.2 Å². The minimum absolute atomic E-state index is 0.123. The number of aliphatic hydroxyl groups is 1. The predicted octanol–water partition coefficient (Wildman–Crippen LogP) is 4.14. The molecule has 21 heavy (non-hydrogen) atoms. The highest BCUT2D eigenvalue weighted by molar-refractivity contribution is 9.10. The summed E-state index contributed by atoms with van der Waals surface area (Å²) in [6.45, 7) is 3.99. The maximum Gasteiger partial charge on any atom is 0.573 e. The van der Waals surface area contributed by atoms with Gasteiger partial charge in [-0.05, 0) is 37.0 Å². The summed E-state index contributed by atoms with van der Waals surface area (Å²) in [5, 5.41) is 10.1. The molecule has 1 aromatic carbocycles. The van der Waals surface area contributed by atoms with Crippen molar-refractivity contribution in [1.29, 1.82) is 0 Å². The fourth-order valence-electron chi connectivity index (χ4n) is 1.89. The van der Waals surface area contributed by atoms with Crippen LogP contribution < -0.4 is 10.5 Å². The Morgan fingerprint density at radius 3 is 2.43 bits per heavy atom. The molecule has 1 rings (SSSR count). The predicted molar refractivity (Wildman–Crippen MR) is 77.8 cm³/mol. The van der Waals surface area contributed by atoms with Gasteiger partial charge in [0.15, 0.2) is 0 Å². The summed E-state index contributed by atoms with van der Waals surface area (Å²) in [7, 11) is 0. The van der Waals surface area contributed by atoms with Crippen LogP contribution in [0.3, 0.4) is 0 Å². The van der Waals surface area contributed by atoms with Crippen LogP contribution in [0.5, 0.6) is 5.75 Å². The Hall–Kier alpha value is -0.790. The first-order valence-corrected chi connectivity index (χ1v) is 7.38. The summed E-state index contributed by atoms with van der Waals surface area (Å²) >= 11 is 3.18. The number of ether oxygens (including phenoxy) is 1. The van der Waals surface area contributed by atoms with E-state index in [-0.39, 0.29) is 11.3 Å². The van der Waals surface area contributed by atoms with Crippen molar-refractivity contribution in [1.82, 2.24) is 0 Å². The van der Waals surface area contributed by atoms with Gasteiger partial charge >= 0.3 is 6.36 Å². The summed E-state index contributed by atoms with van der Waals surface area (Å²) in [5.74, 6) is -0.0120. The normalized spacial score (nSPS) is 15.1. The maximum atomic E-state index is 12.4. The SMILES string of the molecule is CC(C)CC[C@@H](O)[C@@H](N)c1cc(Br)ccc1OC(F)(F)F. The van der Waals surface area contributed by atoms with Crippen molar-refractivity contribution in [3.63, 3.8) is 0 Å². The topological polar surface area (TPSA) is 55.5 Å². The molecule has 0 spiro atoms. The average Bonchev–Trinajstić information content (AvgIpc) is 2.35. The Labute approximate surface area is 130 Å². The molecule has 0 aliphatic carbocycles. The van der Waals surface area contributed by atoms with Crippen molar-refractivity contribution < 1.29 is 23.0 Å². The summed E-state index contributed by atoms with van der Waals surface area (Å²) in [4.78, 5) is 0. The largest absolute Gasteiger partial charge is 0.573 e. The van der Waals surface area contributed by atoms with E-state index in [1.54, 1.807) is 0 Å². The maximum absolute atomic E-state index is 12.4. The molecule has 7 heteroatoms. The van der Waals surface area contributed by atoms with Crippen molar-refractivity contribution in [2.24, 2.45) is 11.7 Å². The second kappa shape index (κ2) is 7.47. The molecule has 120 valence electrons. The second-order valence-corrected chi connectivity index (χ2v) is 6.21. The number of benzene rings is 1. The lowest BCUT2D eigenvalue weighted by Gasteiger charge is -2.23. The second-order valence-electron chi connectivity index (χ2n) is 5.29. The highest BCUT2D eigenvalue weighted by Crippen LogP contribution is 2.33. The molecule has 3 nitrogen and oxygen atoms in total. The molecule has 0 amide bonds. The van der Waals surface area contributed by atoms with Gasteiger partial charge in [0.25, 0.3) is 0 Å². The van der Waals surface area contributed by atoms with Gasteiger partial charge in [-0.3, -0.25) is 0 Å². The molecule has 2 atom stereocenters. The molecule has 3 N–H and O–H groups in total. The number of halogens is 4. The van der Waals surface area contributed by atoms with Crippen molar-refractivity contribution in [3.05, 3.63) is 28.2 Å². The van der Waals surface area contributed by atoms with Gasteiger partial charge in [0.05, 0.1) is 12.1 Å².